The molecule has 0 N–H and O–H groups in total. The molecule has 2 fully saturated rings. The van der Waals surface area contributed by atoms with Crippen LogP contribution < -0.4 is 4.90 Å². The Morgan fingerprint density at radius 2 is 1.85 bits per heavy atom. The third-order valence-corrected chi connectivity index (χ3v) is 6.76. The van der Waals surface area contributed by atoms with Crippen molar-refractivity contribution in [3.05, 3.63) is 78.0 Å². The molecule has 0 bridgehead atoms. The van der Waals surface area contributed by atoms with Crippen molar-refractivity contribution in [2.75, 3.05) is 18.1 Å². The van der Waals surface area contributed by atoms with Crippen LogP contribution in [0, 0.1) is 0 Å². The predicted molar refractivity (Wildman–Crippen MR) is 122 cm³/mol. The fourth-order valence-electron chi connectivity index (χ4n) is 4.54. The van der Waals surface area contributed by atoms with Crippen LogP contribution in [0.1, 0.15) is 22.3 Å². The van der Waals surface area contributed by atoms with Crippen LogP contribution in [0.2, 0.25) is 0 Å². The molecule has 0 spiro atoms. The quantitative estimate of drug-likeness (QED) is 0.558. The van der Waals surface area contributed by atoms with E-state index in [1.165, 1.54) is 11.1 Å². The minimum atomic E-state index is -0.866. The van der Waals surface area contributed by atoms with Gasteiger partial charge in [0.1, 0.15) is 23.7 Å². The normalized spacial score (nSPS) is 20.5. The standard InChI is InChI=1S/C24H22N4O4S/c29-19-15-32-20-11-12-27(22(19)20)24(31)18(13-16-7-3-1-4-8-16)28(21-14-25-26-33-21)23(30)17-9-5-2-6-10-17/h1-10,14,18,20,22H,11-13,15H2. The SMILES string of the molecule is O=C1COC2CCN(C(=O)C(Cc3ccccc3)N(C(=O)c3ccccc3)c3cnns3)C12. The monoisotopic (exact) mass is 462 g/mol. The number of ether oxygens (including phenoxy) is 1. The van der Waals surface area contributed by atoms with Crippen molar-refractivity contribution >= 4 is 34.1 Å². The van der Waals surface area contributed by atoms with E-state index in [9.17, 15) is 14.4 Å². The average Bonchev–Trinajstić information content (AvgIpc) is 3.60. The van der Waals surface area contributed by atoms with E-state index in [2.05, 4.69) is 9.59 Å². The molecule has 3 aromatic rings. The molecule has 168 valence electrons. The molecule has 8 nitrogen and oxygen atoms in total. The van der Waals surface area contributed by atoms with E-state index in [0.717, 1.165) is 17.1 Å². The first-order valence-corrected chi connectivity index (χ1v) is 11.6. The second-order valence-corrected chi connectivity index (χ2v) is 8.85. The first kappa shape index (κ1) is 21.4. The second kappa shape index (κ2) is 9.21. The number of hydrogen-bond acceptors (Lipinski definition) is 7. The number of anilines is 1. The fraction of sp³-hybridized carbons (Fsp3) is 0.292. The van der Waals surface area contributed by atoms with Crippen molar-refractivity contribution in [1.29, 1.82) is 0 Å². The van der Waals surface area contributed by atoms with Gasteiger partial charge in [0.2, 0.25) is 5.91 Å². The number of benzene rings is 2. The molecule has 9 heteroatoms. The zero-order valence-electron chi connectivity index (χ0n) is 17.7. The van der Waals surface area contributed by atoms with Crippen molar-refractivity contribution in [3.8, 4) is 0 Å². The van der Waals surface area contributed by atoms with Gasteiger partial charge in [-0.3, -0.25) is 19.3 Å². The van der Waals surface area contributed by atoms with Crippen molar-refractivity contribution in [3.63, 3.8) is 0 Å². The molecular weight excluding hydrogens is 440 g/mol. The van der Waals surface area contributed by atoms with Gasteiger partial charge in [-0.1, -0.05) is 53.0 Å². The Bertz CT molecular complexity index is 1140. The topological polar surface area (TPSA) is 92.7 Å². The number of rotatable bonds is 6. The number of carbonyl (C=O) groups is 3. The number of amides is 2. The van der Waals surface area contributed by atoms with Gasteiger partial charge in [-0.15, -0.1) is 5.10 Å². The van der Waals surface area contributed by atoms with Crippen molar-refractivity contribution < 1.29 is 19.1 Å². The van der Waals surface area contributed by atoms with Crippen molar-refractivity contribution in [1.82, 2.24) is 14.5 Å². The molecule has 2 amide bonds. The van der Waals surface area contributed by atoms with Crippen molar-refractivity contribution in [2.45, 2.75) is 31.0 Å². The van der Waals surface area contributed by atoms with Gasteiger partial charge in [-0.05, 0) is 24.1 Å². The first-order chi connectivity index (χ1) is 16.1. The Kier molecular flexibility index (Phi) is 5.97. The van der Waals surface area contributed by atoms with E-state index in [4.69, 9.17) is 4.74 Å². The van der Waals surface area contributed by atoms with Crippen LogP contribution in [0.5, 0.6) is 0 Å². The number of fused-ring (bicyclic) bond motifs is 1. The molecule has 3 atom stereocenters. The Balaban J connectivity index is 1.56. The number of nitrogens with zero attached hydrogens (tertiary/aromatic N) is 4. The summed E-state index contributed by atoms with van der Waals surface area (Å²) >= 11 is 1.05. The molecule has 3 unspecified atom stereocenters. The molecular formula is C24H22N4O4S. The molecule has 5 rings (SSSR count). The van der Waals surface area contributed by atoms with Gasteiger partial charge in [0.05, 0.1) is 12.3 Å². The minimum Gasteiger partial charge on any atom is -0.368 e. The van der Waals surface area contributed by atoms with E-state index in [1.807, 2.05) is 36.4 Å². The van der Waals surface area contributed by atoms with Gasteiger partial charge in [-0.25, -0.2) is 0 Å². The fourth-order valence-corrected chi connectivity index (χ4v) is 5.11. The molecule has 2 aliphatic heterocycles. The number of hydrogen-bond donors (Lipinski definition) is 0. The van der Waals surface area contributed by atoms with E-state index in [-0.39, 0.29) is 30.3 Å². The van der Waals surface area contributed by atoms with Crippen LogP contribution in [-0.2, 0) is 20.7 Å². The van der Waals surface area contributed by atoms with E-state index in [0.29, 0.717) is 30.0 Å². The Morgan fingerprint density at radius 3 is 2.55 bits per heavy atom. The molecule has 0 aliphatic carbocycles. The van der Waals surface area contributed by atoms with Crippen molar-refractivity contribution in [2.24, 2.45) is 0 Å². The Morgan fingerprint density at radius 1 is 1.12 bits per heavy atom. The highest BCUT2D eigenvalue weighted by atomic mass is 32.1. The highest BCUT2D eigenvalue weighted by molar-refractivity contribution is 7.10. The third kappa shape index (κ3) is 4.17. The highest BCUT2D eigenvalue weighted by Crippen LogP contribution is 2.31. The summed E-state index contributed by atoms with van der Waals surface area (Å²) in [5.74, 6) is -0.687. The predicted octanol–water partition coefficient (Wildman–Crippen LogP) is 2.36. The van der Waals surface area contributed by atoms with Gasteiger partial charge in [0.25, 0.3) is 5.91 Å². The molecule has 2 saturated heterocycles. The lowest BCUT2D eigenvalue weighted by atomic mass is 10.0. The molecule has 1 aromatic heterocycles. The molecule has 0 saturated carbocycles. The highest BCUT2D eigenvalue weighted by Gasteiger charge is 2.49. The van der Waals surface area contributed by atoms with Gasteiger partial charge < -0.3 is 9.64 Å². The van der Waals surface area contributed by atoms with Crippen LogP contribution >= 0.6 is 11.5 Å². The summed E-state index contributed by atoms with van der Waals surface area (Å²) in [5.41, 5.74) is 1.36. The summed E-state index contributed by atoms with van der Waals surface area (Å²) in [4.78, 5) is 43.3. The minimum absolute atomic E-state index is 0.0217. The molecule has 2 aliphatic rings. The van der Waals surface area contributed by atoms with Crippen LogP contribution in [0.15, 0.2) is 66.9 Å². The average molecular weight is 463 g/mol. The lowest BCUT2D eigenvalue weighted by Crippen LogP contribution is -2.55. The first-order valence-electron chi connectivity index (χ1n) is 10.8. The molecule has 3 heterocycles. The summed E-state index contributed by atoms with van der Waals surface area (Å²) in [6.07, 6.45) is 2.11. The van der Waals surface area contributed by atoms with Crippen LogP contribution in [0.25, 0.3) is 0 Å². The van der Waals surface area contributed by atoms with Crippen LogP contribution in [-0.4, -0.2) is 63.4 Å². The number of ketones is 1. The van der Waals surface area contributed by atoms with E-state index in [1.54, 1.807) is 29.2 Å². The molecule has 2 aromatic carbocycles. The van der Waals surface area contributed by atoms with E-state index >= 15 is 0 Å². The maximum atomic E-state index is 14.0. The molecule has 0 radical (unpaired) electrons. The third-order valence-electron chi connectivity index (χ3n) is 6.09. The summed E-state index contributed by atoms with van der Waals surface area (Å²) < 4.78 is 9.50. The smallest absolute Gasteiger partial charge is 0.259 e. The second-order valence-electron chi connectivity index (χ2n) is 8.08. The number of likely N-dealkylation sites (tertiary alicyclic amines) is 1. The lowest BCUT2D eigenvalue weighted by molar-refractivity contribution is -0.137. The van der Waals surface area contributed by atoms with Gasteiger partial charge in [-0.2, -0.15) is 0 Å². The Labute approximate surface area is 194 Å². The summed E-state index contributed by atoms with van der Waals surface area (Å²) in [5, 5.41) is 4.38. The summed E-state index contributed by atoms with van der Waals surface area (Å²) in [6.45, 7) is 0.438. The number of Topliss-reactive ketones (excluding diaryl/α,β-unsaturated/α-hetero) is 1. The van der Waals surface area contributed by atoms with Gasteiger partial charge in [0.15, 0.2) is 5.78 Å². The lowest BCUT2D eigenvalue weighted by Gasteiger charge is -2.34. The van der Waals surface area contributed by atoms with E-state index < -0.39 is 12.1 Å². The summed E-state index contributed by atoms with van der Waals surface area (Å²) in [6, 6.07) is 16.9. The van der Waals surface area contributed by atoms with Crippen LogP contribution in [0.3, 0.4) is 0 Å². The van der Waals surface area contributed by atoms with Gasteiger partial charge >= 0.3 is 0 Å². The zero-order chi connectivity index (χ0) is 22.8. The maximum absolute atomic E-state index is 14.0. The molecule has 33 heavy (non-hydrogen) atoms. The number of carbonyl (C=O) groups excluding carboxylic acids is 3. The summed E-state index contributed by atoms with van der Waals surface area (Å²) in [7, 11) is 0. The Hall–Kier alpha value is -3.43. The largest absolute Gasteiger partial charge is 0.368 e. The zero-order valence-corrected chi connectivity index (χ0v) is 18.6. The maximum Gasteiger partial charge on any atom is 0.259 e. The number of aromatic nitrogens is 2. The van der Waals surface area contributed by atoms with Gasteiger partial charge in [0, 0.05) is 30.1 Å². The van der Waals surface area contributed by atoms with Crippen LogP contribution in [0.4, 0.5) is 5.00 Å².